The third kappa shape index (κ3) is 1.54. The minimum atomic E-state index is 0.606. The van der Waals surface area contributed by atoms with Crippen molar-refractivity contribution in [1.82, 2.24) is 10.2 Å². The van der Waals surface area contributed by atoms with E-state index in [4.69, 9.17) is 0 Å². The molecule has 0 aliphatic carbocycles. The molecule has 0 aromatic rings. The summed E-state index contributed by atoms with van der Waals surface area (Å²) < 4.78 is 0. The first kappa shape index (κ1) is 8.97. The molecular formula is C9H17BrN2. The van der Waals surface area contributed by atoms with Crippen LogP contribution in [0.4, 0.5) is 0 Å². The number of alkyl halides is 1. The molecule has 0 amide bonds. The molecule has 0 aromatic heterocycles. The Morgan fingerprint density at radius 3 is 2.25 bits per heavy atom. The number of fused-ring (bicyclic) bond motifs is 2. The maximum absolute atomic E-state index is 3.65. The van der Waals surface area contributed by atoms with Crippen LogP contribution >= 0.6 is 15.9 Å². The van der Waals surface area contributed by atoms with Gasteiger partial charge >= 0.3 is 0 Å². The maximum Gasteiger partial charge on any atom is 0.0270 e. The fraction of sp³-hybridized carbons (Fsp3) is 1.00. The zero-order valence-corrected chi connectivity index (χ0v) is 9.34. The molecular weight excluding hydrogens is 216 g/mol. The molecule has 70 valence electrons. The van der Waals surface area contributed by atoms with Gasteiger partial charge < -0.3 is 5.32 Å². The summed E-state index contributed by atoms with van der Waals surface area (Å²) >= 11 is 3.65. The minimum absolute atomic E-state index is 0.606. The van der Waals surface area contributed by atoms with Gasteiger partial charge in [-0.3, -0.25) is 4.90 Å². The Morgan fingerprint density at radius 2 is 1.83 bits per heavy atom. The molecule has 3 heterocycles. The highest BCUT2D eigenvalue weighted by atomic mass is 79.9. The number of halogens is 1. The van der Waals surface area contributed by atoms with Gasteiger partial charge in [0, 0.05) is 36.0 Å². The largest absolute Gasteiger partial charge is 0.309 e. The molecule has 3 saturated heterocycles. The Bertz CT molecular complexity index is 156. The Morgan fingerprint density at radius 1 is 1.33 bits per heavy atom. The normalized spacial score (nSPS) is 40.2. The van der Waals surface area contributed by atoms with Crippen LogP contribution in [0.3, 0.4) is 0 Å². The van der Waals surface area contributed by atoms with E-state index in [0.717, 1.165) is 12.1 Å². The highest BCUT2D eigenvalue weighted by Crippen LogP contribution is 2.24. The van der Waals surface area contributed by atoms with E-state index >= 15 is 0 Å². The number of piperazine rings is 1. The molecule has 1 N–H and O–H groups in total. The van der Waals surface area contributed by atoms with Crippen molar-refractivity contribution in [3.8, 4) is 0 Å². The summed E-state index contributed by atoms with van der Waals surface area (Å²) in [6.07, 6.45) is 1.40. The van der Waals surface area contributed by atoms with Crippen molar-refractivity contribution in [2.75, 3.05) is 13.1 Å². The summed E-state index contributed by atoms with van der Waals surface area (Å²) in [4.78, 5) is 3.20. The molecule has 2 nitrogen and oxygen atoms in total. The number of nitrogens with one attached hydrogen (secondary N) is 1. The molecule has 3 rings (SSSR count). The van der Waals surface area contributed by atoms with Gasteiger partial charge in [0.25, 0.3) is 0 Å². The van der Waals surface area contributed by atoms with Crippen LogP contribution in [0.1, 0.15) is 20.3 Å². The summed E-state index contributed by atoms with van der Waals surface area (Å²) in [7, 11) is 0. The van der Waals surface area contributed by atoms with E-state index in [1.165, 1.54) is 19.5 Å². The van der Waals surface area contributed by atoms with Gasteiger partial charge in [-0.25, -0.2) is 0 Å². The van der Waals surface area contributed by atoms with Gasteiger partial charge in [0.2, 0.25) is 0 Å². The highest BCUT2D eigenvalue weighted by molar-refractivity contribution is 9.09. The lowest BCUT2D eigenvalue weighted by Gasteiger charge is -2.50. The van der Waals surface area contributed by atoms with Crippen LogP contribution in [0.15, 0.2) is 0 Å². The molecule has 3 aliphatic heterocycles. The third-order valence-electron chi connectivity index (χ3n) is 3.19. The first-order chi connectivity index (χ1) is 5.66. The third-order valence-corrected chi connectivity index (χ3v) is 3.96. The van der Waals surface area contributed by atoms with Crippen LogP contribution in [0, 0.1) is 0 Å². The fourth-order valence-electron chi connectivity index (χ4n) is 2.17. The molecule has 2 bridgehead atoms. The highest BCUT2D eigenvalue weighted by Gasteiger charge is 2.38. The number of piperidine rings is 1. The van der Waals surface area contributed by atoms with Crippen molar-refractivity contribution in [2.24, 2.45) is 0 Å². The number of hydrogen-bond acceptors (Lipinski definition) is 2. The molecule has 0 saturated carbocycles. The van der Waals surface area contributed by atoms with Crippen LogP contribution in [0.25, 0.3) is 0 Å². The second-order valence-corrected chi connectivity index (χ2v) is 5.61. The molecule has 0 radical (unpaired) electrons. The zero-order valence-electron chi connectivity index (χ0n) is 7.76. The molecule has 3 fully saturated rings. The lowest BCUT2D eigenvalue weighted by molar-refractivity contribution is 0.0520. The van der Waals surface area contributed by atoms with E-state index < -0.39 is 0 Å². The monoisotopic (exact) mass is 232 g/mol. The van der Waals surface area contributed by atoms with Crippen molar-refractivity contribution >= 4 is 15.9 Å². The average molecular weight is 233 g/mol. The van der Waals surface area contributed by atoms with Gasteiger partial charge in [0.15, 0.2) is 0 Å². The van der Waals surface area contributed by atoms with Crippen LogP contribution in [0.2, 0.25) is 0 Å². The standard InChI is InChI=1S/C9H17BrN2/c1-6(10)7(2)12-4-8-3-9(5-12)11-8/h6-9,11H,3-5H2,1-2H3/t6-,7?,8?,9?/m0/s1. The van der Waals surface area contributed by atoms with Crippen LogP contribution in [-0.4, -0.2) is 40.9 Å². The number of rotatable bonds is 2. The second-order valence-electron chi connectivity index (χ2n) is 4.17. The van der Waals surface area contributed by atoms with Gasteiger partial charge in [0.1, 0.15) is 0 Å². The van der Waals surface area contributed by atoms with E-state index in [9.17, 15) is 0 Å². The average Bonchev–Trinajstić information content (AvgIpc) is 2.02. The lowest BCUT2D eigenvalue weighted by atomic mass is 9.90. The van der Waals surface area contributed by atoms with Crippen molar-refractivity contribution in [1.29, 1.82) is 0 Å². The Labute approximate surface area is 82.8 Å². The molecule has 3 heteroatoms. The van der Waals surface area contributed by atoms with Crippen molar-refractivity contribution in [2.45, 2.75) is 43.2 Å². The van der Waals surface area contributed by atoms with Gasteiger partial charge in [-0.2, -0.15) is 0 Å². The van der Waals surface area contributed by atoms with Gasteiger partial charge in [-0.05, 0) is 13.3 Å². The van der Waals surface area contributed by atoms with E-state index in [-0.39, 0.29) is 0 Å². The van der Waals surface area contributed by atoms with Crippen LogP contribution in [0.5, 0.6) is 0 Å². The van der Waals surface area contributed by atoms with E-state index in [2.05, 4.69) is 40.0 Å². The molecule has 4 atom stereocenters. The quantitative estimate of drug-likeness (QED) is 0.721. The van der Waals surface area contributed by atoms with Crippen LogP contribution < -0.4 is 5.32 Å². The Kier molecular flexibility index (Phi) is 2.45. The van der Waals surface area contributed by atoms with Crippen LogP contribution in [-0.2, 0) is 0 Å². The minimum Gasteiger partial charge on any atom is -0.309 e. The topological polar surface area (TPSA) is 15.3 Å². The molecule has 0 aromatic carbocycles. The van der Waals surface area contributed by atoms with E-state index in [0.29, 0.717) is 10.9 Å². The smallest absolute Gasteiger partial charge is 0.0270 e. The predicted molar refractivity (Wildman–Crippen MR) is 54.8 cm³/mol. The molecule has 0 spiro atoms. The summed E-state index contributed by atoms with van der Waals surface area (Å²) in [5.41, 5.74) is 0. The van der Waals surface area contributed by atoms with Crippen molar-refractivity contribution in [3.05, 3.63) is 0 Å². The van der Waals surface area contributed by atoms with E-state index in [1.807, 2.05) is 0 Å². The zero-order chi connectivity index (χ0) is 8.72. The predicted octanol–water partition coefficient (Wildman–Crippen LogP) is 1.20. The molecule has 3 unspecified atom stereocenters. The van der Waals surface area contributed by atoms with Crippen molar-refractivity contribution in [3.63, 3.8) is 0 Å². The van der Waals surface area contributed by atoms with Gasteiger partial charge in [-0.1, -0.05) is 22.9 Å². The van der Waals surface area contributed by atoms with Gasteiger partial charge in [-0.15, -0.1) is 0 Å². The summed E-state index contributed by atoms with van der Waals surface area (Å²) in [5.74, 6) is 0. The SMILES string of the molecule is CC([C@H](C)Br)N1CC2CC(C1)N2. The first-order valence-corrected chi connectivity index (χ1v) is 5.72. The van der Waals surface area contributed by atoms with E-state index in [1.54, 1.807) is 0 Å². The fourth-order valence-corrected chi connectivity index (χ4v) is 2.50. The molecule has 12 heavy (non-hydrogen) atoms. The number of hydrogen-bond donors (Lipinski definition) is 1. The summed E-state index contributed by atoms with van der Waals surface area (Å²) in [6.45, 7) is 7.03. The first-order valence-electron chi connectivity index (χ1n) is 4.81. The van der Waals surface area contributed by atoms with Gasteiger partial charge in [0.05, 0.1) is 0 Å². The Hall–Kier alpha value is 0.400. The maximum atomic E-state index is 3.65. The van der Waals surface area contributed by atoms with Crippen molar-refractivity contribution < 1.29 is 0 Å². The number of nitrogens with zero attached hydrogens (tertiary/aromatic N) is 1. The molecule has 3 aliphatic rings. The summed E-state index contributed by atoms with van der Waals surface area (Å²) in [6, 6.07) is 2.26. The second kappa shape index (κ2) is 3.28. The Balaban J connectivity index is 1.89. The lowest BCUT2D eigenvalue weighted by Crippen LogP contribution is -2.68. The summed E-state index contributed by atoms with van der Waals surface area (Å²) in [5, 5.41) is 3.55.